The molecule has 0 aliphatic heterocycles. The van der Waals surface area contributed by atoms with Crippen LogP contribution in [0.1, 0.15) is 18.9 Å². The van der Waals surface area contributed by atoms with Crippen molar-refractivity contribution in [2.45, 2.75) is 26.3 Å². The van der Waals surface area contributed by atoms with Crippen molar-refractivity contribution in [1.82, 2.24) is 5.32 Å². The molecule has 0 bridgehead atoms. The van der Waals surface area contributed by atoms with E-state index in [9.17, 15) is 22.4 Å². The van der Waals surface area contributed by atoms with Crippen LogP contribution in [0.5, 0.6) is 5.75 Å². The number of halogens is 4. The number of carbonyl (C=O) groups excluding carboxylic acids is 1. The molecule has 0 aliphatic carbocycles. The normalized spacial score (nSPS) is 11.2. The van der Waals surface area contributed by atoms with Crippen LogP contribution in [0.25, 0.3) is 0 Å². The Morgan fingerprint density at radius 3 is 2.61 bits per heavy atom. The summed E-state index contributed by atoms with van der Waals surface area (Å²) in [6.07, 6.45) is -4.70. The summed E-state index contributed by atoms with van der Waals surface area (Å²) in [4.78, 5) is 11.0. The predicted molar refractivity (Wildman–Crippen MR) is 55.2 cm³/mol. The fourth-order valence-electron chi connectivity index (χ4n) is 1.19. The van der Waals surface area contributed by atoms with Crippen molar-refractivity contribution < 1.29 is 27.1 Å². The van der Waals surface area contributed by atoms with Gasteiger partial charge in [0, 0.05) is 13.0 Å². The van der Waals surface area contributed by atoms with Gasteiger partial charge in [0.1, 0.15) is 0 Å². The van der Waals surface area contributed by atoms with E-state index in [-0.39, 0.29) is 18.9 Å². The molecule has 0 atom stereocenters. The minimum atomic E-state index is -4.95. The minimum absolute atomic E-state index is 0.0151. The van der Waals surface area contributed by atoms with E-state index in [1.807, 2.05) is 0 Å². The molecule has 1 N–H and O–H groups in total. The van der Waals surface area contributed by atoms with Crippen molar-refractivity contribution in [3.05, 3.63) is 29.6 Å². The van der Waals surface area contributed by atoms with E-state index < -0.39 is 17.9 Å². The molecular formula is C11H11F4NO2. The van der Waals surface area contributed by atoms with Crippen molar-refractivity contribution in [3.63, 3.8) is 0 Å². The van der Waals surface area contributed by atoms with Crippen molar-refractivity contribution in [1.29, 1.82) is 0 Å². The van der Waals surface area contributed by atoms with Gasteiger partial charge >= 0.3 is 6.36 Å². The Labute approximate surface area is 101 Å². The zero-order valence-corrected chi connectivity index (χ0v) is 9.47. The molecule has 100 valence electrons. The molecule has 0 spiro atoms. The summed E-state index contributed by atoms with van der Waals surface area (Å²) in [5, 5.41) is 2.46. The van der Waals surface area contributed by atoms with Gasteiger partial charge in [-0.15, -0.1) is 13.2 Å². The van der Waals surface area contributed by atoms with E-state index in [0.29, 0.717) is 5.56 Å². The van der Waals surface area contributed by atoms with Gasteiger partial charge in [-0.2, -0.15) is 0 Å². The predicted octanol–water partition coefficient (Wildman–Crippen LogP) is 2.75. The number of alkyl halides is 3. The number of ether oxygens (including phenoxy) is 1. The molecule has 0 heterocycles. The van der Waals surface area contributed by atoms with Crippen LogP contribution < -0.4 is 10.1 Å². The summed E-state index contributed by atoms with van der Waals surface area (Å²) < 4.78 is 52.5. The molecule has 0 unspecified atom stereocenters. The Bertz CT molecular complexity index is 432. The van der Waals surface area contributed by atoms with E-state index in [2.05, 4.69) is 10.1 Å². The van der Waals surface area contributed by atoms with Crippen LogP contribution in [0.2, 0.25) is 0 Å². The molecule has 0 fully saturated rings. The van der Waals surface area contributed by atoms with Crippen LogP contribution in [0.4, 0.5) is 17.6 Å². The Morgan fingerprint density at radius 1 is 1.39 bits per heavy atom. The molecule has 1 amide bonds. The lowest BCUT2D eigenvalue weighted by molar-refractivity contribution is -0.275. The highest BCUT2D eigenvalue weighted by molar-refractivity contribution is 5.75. The zero-order valence-electron chi connectivity index (χ0n) is 9.47. The minimum Gasteiger partial charge on any atom is -0.403 e. The average molecular weight is 265 g/mol. The molecule has 3 nitrogen and oxygen atoms in total. The first-order valence-electron chi connectivity index (χ1n) is 5.12. The molecule has 7 heteroatoms. The molecule has 0 saturated heterocycles. The van der Waals surface area contributed by atoms with Crippen LogP contribution >= 0.6 is 0 Å². The van der Waals surface area contributed by atoms with E-state index >= 15 is 0 Å². The summed E-state index contributed by atoms with van der Waals surface area (Å²) >= 11 is 0. The van der Waals surface area contributed by atoms with Crippen molar-refractivity contribution in [3.8, 4) is 5.75 Å². The van der Waals surface area contributed by atoms with Crippen LogP contribution in [-0.2, 0) is 11.3 Å². The molecule has 0 aliphatic rings. The molecule has 1 rings (SSSR count). The summed E-state index contributed by atoms with van der Waals surface area (Å²) in [5.74, 6) is -2.28. The Balaban J connectivity index is 2.77. The summed E-state index contributed by atoms with van der Waals surface area (Å²) in [6, 6.07) is 3.03. The molecule has 18 heavy (non-hydrogen) atoms. The number of nitrogens with one attached hydrogen (secondary N) is 1. The molecule has 1 aromatic rings. The fraction of sp³-hybridized carbons (Fsp3) is 0.364. The first-order chi connectivity index (χ1) is 8.31. The van der Waals surface area contributed by atoms with Gasteiger partial charge in [0.05, 0.1) is 0 Å². The number of hydrogen-bond donors (Lipinski definition) is 1. The molecule has 0 saturated carbocycles. The molecule has 0 radical (unpaired) electrons. The summed E-state index contributed by atoms with van der Waals surface area (Å²) in [5.41, 5.74) is 0.317. The average Bonchev–Trinajstić information content (AvgIpc) is 2.28. The third-order valence-corrected chi connectivity index (χ3v) is 2.03. The second-order valence-corrected chi connectivity index (χ2v) is 3.44. The second kappa shape index (κ2) is 5.70. The maximum atomic E-state index is 13.1. The van der Waals surface area contributed by atoms with Gasteiger partial charge in [-0.3, -0.25) is 4.79 Å². The van der Waals surface area contributed by atoms with Crippen molar-refractivity contribution in [2.75, 3.05) is 0 Å². The van der Waals surface area contributed by atoms with Crippen LogP contribution in [0.3, 0.4) is 0 Å². The number of hydrogen-bond acceptors (Lipinski definition) is 2. The summed E-state index contributed by atoms with van der Waals surface area (Å²) in [6.45, 7) is 1.65. The van der Waals surface area contributed by atoms with Gasteiger partial charge in [0.2, 0.25) is 5.91 Å². The smallest absolute Gasteiger partial charge is 0.403 e. The first kappa shape index (κ1) is 14.3. The third kappa shape index (κ3) is 4.60. The van der Waals surface area contributed by atoms with E-state index in [1.54, 1.807) is 6.92 Å². The lowest BCUT2D eigenvalue weighted by Crippen LogP contribution is -2.22. The SMILES string of the molecule is CCC(=O)NCc1ccc(F)c(OC(F)(F)F)c1. The van der Waals surface area contributed by atoms with Gasteiger partial charge in [-0.25, -0.2) is 4.39 Å². The highest BCUT2D eigenvalue weighted by Gasteiger charge is 2.32. The number of rotatable bonds is 4. The second-order valence-electron chi connectivity index (χ2n) is 3.44. The molecular weight excluding hydrogens is 254 g/mol. The maximum absolute atomic E-state index is 13.1. The topological polar surface area (TPSA) is 38.3 Å². The maximum Gasteiger partial charge on any atom is 0.573 e. The molecule has 1 aromatic carbocycles. The standard InChI is InChI=1S/C11H11F4NO2/c1-2-10(17)16-6-7-3-4-8(12)9(5-7)18-11(13,14)15/h3-5H,2,6H2,1H3,(H,16,17). The summed E-state index contributed by atoms with van der Waals surface area (Å²) in [7, 11) is 0. The Kier molecular flexibility index (Phi) is 4.52. The van der Waals surface area contributed by atoms with Gasteiger partial charge in [-0.1, -0.05) is 13.0 Å². The van der Waals surface area contributed by atoms with E-state index in [0.717, 1.165) is 12.1 Å². The fourth-order valence-corrected chi connectivity index (χ4v) is 1.19. The third-order valence-electron chi connectivity index (χ3n) is 2.03. The van der Waals surface area contributed by atoms with E-state index in [4.69, 9.17) is 0 Å². The van der Waals surface area contributed by atoms with Gasteiger partial charge < -0.3 is 10.1 Å². The van der Waals surface area contributed by atoms with Gasteiger partial charge in [0.25, 0.3) is 0 Å². The largest absolute Gasteiger partial charge is 0.573 e. The molecule has 0 aromatic heterocycles. The van der Waals surface area contributed by atoms with Crippen LogP contribution in [-0.4, -0.2) is 12.3 Å². The lowest BCUT2D eigenvalue weighted by Gasteiger charge is -2.11. The van der Waals surface area contributed by atoms with E-state index in [1.165, 1.54) is 6.07 Å². The Morgan fingerprint density at radius 2 is 2.06 bits per heavy atom. The van der Waals surface area contributed by atoms with Crippen LogP contribution in [0, 0.1) is 5.82 Å². The van der Waals surface area contributed by atoms with Gasteiger partial charge in [-0.05, 0) is 17.7 Å². The van der Waals surface area contributed by atoms with Crippen molar-refractivity contribution in [2.24, 2.45) is 0 Å². The number of amides is 1. The quantitative estimate of drug-likeness (QED) is 0.850. The zero-order chi connectivity index (χ0) is 13.8. The van der Waals surface area contributed by atoms with Gasteiger partial charge in [0.15, 0.2) is 11.6 Å². The number of carbonyl (C=O) groups is 1. The monoisotopic (exact) mass is 265 g/mol. The Hall–Kier alpha value is -1.79. The first-order valence-corrected chi connectivity index (χ1v) is 5.12. The number of benzene rings is 1. The van der Waals surface area contributed by atoms with Crippen molar-refractivity contribution >= 4 is 5.91 Å². The van der Waals surface area contributed by atoms with Crippen LogP contribution in [0.15, 0.2) is 18.2 Å². The highest BCUT2D eigenvalue weighted by Crippen LogP contribution is 2.26. The highest BCUT2D eigenvalue weighted by atomic mass is 19.4. The lowest BCUT2D eigenvalue weighted by atomic mass is 10.2.